The van der Waals surface area contributed by atoms with Gasteiger partial charge in [-0.3, -0.25) is 0 Å². The molecule has 0 N–H and O–H groups in total. The van der Waals surface area contributed by atoms with E-state index in [0.29, 0.717) is 87.5 Å². The third-order valence-electron chi connectivity index (χ3n) is 21.3. The van der Waals surface area contributed by atoms with E-state index in [-0.39, 0.29) is 61.8 Å². The summed E-state index contributed by atoms with van der Waals surface area (Å²) in [6.07, 6.45) is 3.24. The first-order valence-electron chi connectivity index (χ1n) is 51.2. The molecule has 12 aromatic heterocycles. The minimum atomic E-state index is -2.71. The molecule has 0 spiro atoms. The fourth-order valence-electron chi connectivity index (χ4n) is 15.5. The average Bonchev–Trinajstić information content (AvgIpc) is 1.14. The van der Waals surface area contributed by atoms with Crippen LogP contribution < -0.4 is 18.3 Å². The smallest absolute Gasteiger partial charge is 0.227 e. The van der Waals surface area contributed by atoms with Gasteiger partial charge >= 0.3 is 0 Å². The Kier molecular flexibility index (Phi) is 14.3. The maximum Gasteiger partial charge on any atom is 0.227 e. The number of hydrogen-bond acceptors (Lipinski definition) is 8. The summed E-state index contributed by atoms with van der Waals surface area (Å²) in [4.78, 5) is 18.5. The van der Waals surface area contributed by atoms with Gasteiger partial charge in [0.2, 0.25) is 45.6 Å². The minimum absolute atomic E-state index is 0.00397. The van der Waals surface area contributed by atoms with Crippen molar-refractivity contribution in [2.75, 3.05) is 0 Å². The monoisotopic (exact) mass is 1520 g/mol. The van der Waals surface area contributed by atoms with Crippen molar-refractivity contribution in [1.29, 1.82) is 0 Å². The molecular weight excluding hydrogens is 1380 g/mol. The lowest BCUT2D eigenvalue weighted by Crippen LogP contribution is -2.31. The molecule has 1 unspecified atom stereocenters. The van der Waals surface area contributed by atoms with Gasteiger partial charge in [0.1, 0.15) is 28.2 Å². The number of furan rings is 4. The van der Waals surface area contributed by atoms with Gasteiger partial charge in [-0.1, -0.05) is 149 Å². The molecule has 16 aromatic rings. The lowest BCUT2D eigenvalue weighted by molar-refractivity contribution is -0.660. The maximum atomic E-state index is 9.00. The zero-order valence-electron chi connectivity index (χ0n) is 91.7. The van der Waals surface area contributed by atoms with Gasteiger partial charge in [0.15, 0.2) is 47.1 Å². The van der Waals surface area contributed by atoms with E-state index < -0.39 is 77.4 Å². The zero-order valence-corrected chi connectivity index (χ0v) is 65.7. The van der Waals surface area contributed by atoms with Gasteiger partial charge in [0.25, 0.3) is 0 Å². The second kappa shape index (κ2) is 31.4. The summed E-state index contributed by atoms with van der Waals surface area (Å²) >= 11 is 0. The number of nitrogens with zero attached hydrogens (tertiary/aromatic N) is 8. The second-order valence-electron chi connectivity index (χ2n) is 30.9. The summed E-state index contributed by atoms with van der Waals surface area (Å²) in [5.74, 6) is -3.56. The predicted molar refractivity (Wildman–Crippen MR) is 458 cm³/mol. The highest BCUT2D eigenvalue weighted by Crippen LogP contribution is 2.44. The van der Waals surface area contributed by atoms with Crippen LogP contribution in [0.3, 0.4) is 0 Å². The summed E-state index contributed by atoms with van der Waals surface area (Å²) in [5.41, 5.74) is 17.9. The van der Waals surface area contributed by atoms with Crippen molar-refractivity contribution in [1.82, 2.24) is 19.9 Å². The Balaban J connectivity index is 0.000000140. The maximum absolute atomic E-state index is 9.00. The highest BCUT2D eigenvalue weighted by molar-refractivity contribution is 6.12. The van der Waals surface area contributed by atoms with Gasteiger partial charge in [0.05, 0.1) is 22.3 Å². The van der Waals surface area contributed by atoms with Crippen molar-refractivity contribution in [3.8, 4) is 45.0 Å². The Bertz CT molecular complexity index is 7400. The standard InChI is InChI=1S/C26H29N2O.C25H27N2O.C25H29N2O.C24H27N2O/c1-4-18-11-15-23(28(3)16-18)24-17(2)10-12-20-21-13-14-22(19-8-6-5-7-9-19)27-26(21)29-25(20)24;1-4-17-10-14-22(27(3)15-17)23-16(2)9-11-19-20-12-13-21(18-7-5-6-8-18)26-25(20)28-24(19)23;1-7-17-9-13-21(27(6)15-17)22-16(2)8-11-19-20-12-10-18(14-25(3,4)5)26-24(20)28-23(19)22;1-7-16-9-12-19(26(6)14-16)21-15(2)8-10-17-18-11-13-20(24(3,4)5)25-23(18)27-22(17)21/h10-16,19H,4-9H2,1-3H3;9-15,18H,4-8H2,1-3H3;8-13,15H,7,14H2,1-6H3;8-14H,7H2,1-6H3/q4*+1/i1D3,8D2,9D2,19D;1D3,7D2,18D;1D3,3D3,4D3;1D3. The SMILES string of the molecule is [2H]C([2H])([2H])Cc1ccc(-c2c(C)ccc3c2oc2nc(C(C)(C)C)ccc23)[n+](C)c1.[2H]C([2H])([2H])Cc1ccc(-c2c(C)ccc3c2oc2nc(C4([2H])C([2H])([2H])CCCC4([2H])[2H])ccc23)[n+](C)c1.[2H]C([2H])([2H])Cc1ccc(-c2c(C)ccc3c2oc2nc(C4([2H])CCCC4([2H])[2H])ccc23)[n+](C)c1.[2H]C([2H])([2H])Cc1ccc(-c2c(C)ccc3c2oc2nc(CC(C)(C([2H])([2H])[2H])C([2H])([2H])[2H])ccc23)[n+](C)c1. The largest absolute Gasteiger partial charge is 0.437 e. The van der Waals surface area contributed by atoms with Gasteiger partial charge < -0.3 is 17.7 Å². The van der Waals surface area contributed by atoms with E-state index in [2.05, 4.69) is 66.9 Å². The summed E-state index contributed by atoms with van der Waals surface area (Å²) in [6.45, 7) is 2.06. The molecule has 0 bridgehead atoms. The molecule has 2 saturated carbocycles. The molecule has 4 aromatic carbocycles. The lowest BCUT2D eigenvalue weighted by Gasteiger charge is -2.20. The van der Waals surface area contributed by atoms with Crippen LogP contribution in [0.4, 0.5) is 0 Å². The van der Waals surface area contributed by atoms with Crippen LogP contribution in [-0.4, -0.2) is 19.9 Å². The quantitative estimate of drug-likeness (QED) is 0.117. The van der Waals surface area contributed by atoms with Crippen LogP contribution in [0.5, 0.6) is 0 Å². The molecule has 12 heteroatoms. The molecule has 0 saturated heterocycles. The van der Waals surface area contributed by atoms with Gasteiger partial charge in [-0.15, -0.1) is 0 Å². The zero-order chi connectivity index (χ0) is 101. The molecule has 572 valence electrons. The van der Waals surface area contributed by atoms with Gasteiger partial charge in [-0.05, 0) is 186 Å². The second-order valence-corrected chi connectivity index (χ2v) is 30.9. The molecule has 0 aliphatic heterocycles. The van der Waals surface area contributed by atoms with Crippen LogP contribution in [0.2, 0.25) is 0 Å². The number of fused-ring (bicyclic) bond motifs is 12. The Labute approximate surface area is 697 Å². The molecule has 112 heavy (non-hydrogen) atoms. The van der Waals surface area contributed by atoms with Crippen LogP contribution in [0, 0.1) is 33.1 Å². The van der Waals surface area contributed by atoms with E-state index in [1.54, 1.807) is 54.9 Å². The molecule has 0 amide bonds. The van der Waals surface area contributed by atoms with E-state index in [9.17, 15) is 0 Å². The Morgan fingerprint density at radius 2 is 0.705 bits per heavy atom. The molecule has 12 nitrogen and oxygen atoms in total. The molecule has 0 radical (unpaired) electrons. The third kappa shape index (κ3) is 15.2. The summed E-state index contributed by atoms with van der Waals surface area (Å²) in [7, 11) is 7.53. The first-order chi connectivity index (χ1) is 63.9. The number of pyridine rings is 8. The average molecular weight is 1520 g/mol. The van der Waals surface area contributed by atoms with Gasteiger partial charge in [0, 0.05) is 165 Å². The van der Waals surface area contributed by atoms with Crippen LogP contribution in [0.25, 0.3) is 133 Å². The molecule has 2 aliphatic carbocycles. The van der Waals surface area contributed by atoms with E-state index >= 15 is 0 Å². The Morgan fingerprint density at radius 3 is 1.05 bits per heavy atom. The van der Waals surface area contributed by atoms with E-state index in [1.807, 2.05) is 158 Å². The van der Waals surface area contributed by atoms with Crippen molar-refractivity contribution in [2.24, 2.45) is 33.6 Å². The molecule has 12 heterocycles. The van der Waals surface area contributed by atoms with E-state index in [0.717, 1.165) is 127 Å². The number of aryl methyl sites for hydroxylation is 12. The van der Waals surface area contributed by atoms with Crippen LogP contribution in [0.1, 0.15) is 241 Å². The summed E-state index contributed by atoms with van der Waals surface area (Å²) < 4.78 is 239. The Morgan fingerprint density at radius 1 is 0.375 bits per heavy atom. The highest BCUT2D eigenvalue weighted by atomic mass is 16.4. The van der Waals surface area contributed by atoms with Crippen LogP contribution >= 0.6 is 0 Å². The predicted octanol–water partition coefficient (Wildman–Crippen LogP) is 24.0. The Hall–Kier alpha value is -10.7. The van der Waals surface area contributed by atoms with Gasteiger partial charge in [-0.25, -0.2) is 38.2 Å². The molecule has 2 fully saturated rings. The fourth-order valence-corrected chi connectivity index (χ4v) is 15.5. The van der Waals surface area contributed by atoms with Crippen LogP contribution in [-0.2, 0) is 65.7 Å². The molecule has 1 atom stereocenters. The van der Waals surface area contributed by atoms with Crippen LogP contribution in [0.15, 0.2) is 188 Å². The van der Waals surface area contributed by atoms with Crippen molar-refractivity contribution >= 4 is 88.3 Å². The fraction of sp³-hybridized carbons (Fsp3) is 0.360. The minimum Gasteiger partial charge on any atom is -0.437 e. The van der Waals surface area contributed by atoms with Crippen molar-refractivity contribution < 1.29 is 71.6 Å². The first kappa shape index (κ1) is 51.0. The van der Waals surface area contributed by atoms with Crippen molar-refractivity contribution in [3.05, 3.63) is 238 Å². The van der Waals surface area contributed by atoms with Crippen molar-refractivity contribution in [3.63, 3.8) is 0 Å². The van der Waals surface area contributed by atoms with E-state index in [4.69, 9.17) is 58.3 Å². The third-order valence-corrected chi connectivity index (χ3v) is 21.3. The number of hydrogen-bond donors (Lipinski definition) is 0. The van der Waals surface area contributed by atoms with Gasteiger partial charge in [-0.2, -0.15) is 0 Å². The molecule has 2 aliphatic rings. The normalized spacial score (nSPS) is 20.6. The molecule has 18 rings (SSSR count). The first-order valence-corrected chi connectivity index (χ1v) is 38.2. The number of benzene rings is 4. The summed E-state index contributed by atoms with van der Waals surface area (Å²) in [6, 6.07) is 45.5. The number of rotatable bonds is 11. The van der Waals surface area contributed by atoms with Crippen molar-refractivity contribution in [2.45, 2.75) is 203 Å². The topological polar surface area (TPSA) is 120 Å². The number of aromatic nitrogens is 8. The highest BCUT2D eigenvalue weighted by Gasteiger charge is 2.29. The summed E-state index contributed by atoms with van der Waals surface area (Å²) in [5, 5.41) is 6.79. The van der Waals surface area contributed by atoms with E-state index in [1.165, 1.54) is 6.92 Å². The molecular formula is C100H112N8O4+4. The lowest BCUT2D eigenvalue weighted by atomic mass is 9.86.